The molecule has 0 heterocycles. The van der Waals surface area contributed by atoms with Crippen LogP contribution in [0.25, 0.3) is 0 Å². The van der Waals surface area contributed by atoms with Gasteiger partial charge in [0.2, 0.25) is 5.41 Å². The molecule has 0 aromatic carbocycles. The molecule has 5 nitrogen and oxygen atoms in total. The van der Waals surface area contributed by atoms with Crippen LogP contribution in [0.15, 0.2) is 0 Å². The van der Waals surface area contributed by atoms with Crippen molar-refractivity contribution >= 4 is 8.80 Å². The van der Waals surface area contributed by atoms with E-state index in [1.54, 1.807) is 14.2 Å². The highest BCUT2D eigenvalue weighted by molar-refractivity contribution is 6.63. The summed E-state index contributed by atoms with van der Waals surface area (Å²) in [6.45, 7) is 1.92. The van der Waals surface area contributed by atoms with Gasteiger partial charge in [-0.15, -0.1) is 0 Å². The first kappa shape index (κ1) is 14.0. The molecule has 0 saturated carbocycles. The highest BCUT2D eigenvalue weighted by atomic mass is 28.4. The second kappa shape index (κ2) is 5.79. The Hall–Kier alpha value is 0.0169. The molecule has 14 heavy (non-hydrogen) atoms. The SMILES string of the molecule is CCC(OC)(OC)[Si](OC)(OC)OC. The second-order valence-corrected chi connectivity index (χ2v) is 5.78. The van der Waals surface area contributed by atoms with E-state index in [1.165, 1.54) is 21.3 Å². The van der Waals surface area contributed by atoms with Crippen LogP contribution in [0, 0.1) is 0 Å². The molecule has 0 fully saturated rings. The minimum atomic E-state index is -2.94. The van der Waals surface area contributed by atoms with Crippen molar-refractivity contribution in [3.8, 4) is 0 Å². The van der Waals surface area contributed by atoms with Crippen LogP contribution in [-0.2, 0) is 22.8 Å². The van der Waals surface area contributed by atoms with Gasteiger partial charge in [0, 0.05) is 42.0 Å². The second-order valence-electron chi connectivity index (χ2n) is 2.68. The maximum absolute atomic E-state index is 5.34. The summed E-state index contributed by atoms with van der Waals surface area (Å²) in [6.07, 6.45) is 0.585. The molecular formula is C8H20O5Si. The van der Waals surface area contributed by atoms with Gasteiger partial charge < -0.3 is 22.8 Å². The molecule has 0 saturated heterocycles. The molecule has 0 unspecified atom stereocenters. The fourth-order valence-corrected chi connectivity index (χ4v) is 3.92. The van der Waals surface area contributed by atoms with Gasteiger partial charge in [-0.05, 0) is 0 Å². The standard InChI is InChI=1S/C8H20O5Si/c1-7-8(9-2,10-3)14(11-4,12-5)13-6/h7H2,1-6H3. The van der Waals surface area contributed by atoms with E-state index in [0.29, 0.717) is 6.42 Å². The van der Waals surface area contributed by atoms with Crippen LogP contribution in [0.3, 0.4) is 0 Å². The first-order valence-electron chi connectivity index (χ1n) is 4.37. The van der Waals surface area contributed by atoms with E-state index in [0.717, 1.165) is 0 Å². The summed E-state index contributed by atoms with van der Waals surface area (Å²) in [7, 11) is 4.74. The molecule has 0 aromatic heterocycles. The third kappa shape index (κ3) is 2.00. The number of ether oxygens (including phenoxy) is 2. The quantitative estimate of drug-likeness (QED) is 0.473. The minimum absolute atomic E-state index is 0.585. The largest absolute Gasteiger partial charge is 0.562 e. The monoisotopic (exact) mass is 224 g/mol. The van der Waals surface area contributed by atoms with Gasteiger partial charge in [-0.3, -0.25) is 0 Å². The summed E-state index contributed by atoms with van der Waals surface area (Å²) in [5, 5.41) is 0. The lowest BCUT2D eigenvalue weighted by molar-refractivity contribution is -0.192. The van der Waals surface area contributed by atoms with Gasteiger partial charge in [-0.2, -0.15) is 0 Å². The topological polar surface area (TPSA) is 46.2 Å². The number of methoxy groups -OCH3 is 2. The molecule has 0 radical (unpaired) electrons. The molecule has 0 atom stereocenters. The molecule has 0 rings (SSSR count). The molecule has 0 aromatic rings. The maximum atomic E-state index is 5.34. The minimum Gasteiger partial charge on any atom is -0.374 e. The number of hydrogen-bond acceptors (Lipinski definition) is 5. The van der Waals surface area contributed by atoms with Crippen molar-refractivity contribution in [1.29, 1.82) is 0 Å². The van der Waals surface area contributed by atoms with Crippen LogP contribution in [0.2, 0.25) is 0 Å². The average molecular weight is 224 g/mol. The summed E-state index contributed by atoms with van der Waals surface area (Å²) >= 11 is 0. The van der Waals surface area contributed by atoms with Gasteiger partial charge in [0.1, 0.15) is 0 Å². The van der Waals surface area contributed by atoms with Crippen LogP contribution in [-0.4, -0.2) is 49.8 Å². The van der Waals surface area contributed by atoms with Crippen molar-refractivity contribution in [3.63, 3.8) is 0 Å². The van der Waals surface area contributed by atoms with E-state index in [9.17, 15) is 0 Å². The molecule has 0 aliphatic carbocycles. The van der Waals surface area contributed by atoms with Crippen molar-refractivity contribution in [2.24, 2.45) is 0 Å². The van der Waals surface area contributed by atoms with E-state index in [1.807, 2.05) is 6.92 Å². The highest BCUT2D eigenvalue weighted by Crippen LogP contribution is 2.30. The van der Waals surface area contributed by atoms with Gasteiger partial charge in [0.15, 0.2) is 0 Å². The van der Waals surface area contributed by atoms with Gasteiger partial charge >= 0.3 is 8.80 Å². The van der Waals surface area contributed by atoms with E-state index < -0.39 is 14.2 Å². The Bertz CT molecular complexity index is 121. The molecule has 0 aliphatic heterocycles. The lowest BCUT2D eigenvalue weighted by Gasteiger charge is -2.40. The Labute approximate surface area is 86.6 Å². The van der Waals surface area contributed by atoms with Crippen LogP contribution in [0.5, 0.6) is 0 Å². The van der Waals surface area contributed by atoms with Crippen molar-refractivity contribution in [1.82, 2.24) is 0 Å². The van der Waals surface area contributed by atoms with Crippen LogP contribution in [0.4, 0.5) is 0 Å². The molecule has 6 heteroatoms. The van der Waals surface area contributed by atoms with Gasteiger partial charge in [-0.1, -0.05) is 6.92 Å². The highest BCUT2D eigenvalue weighted by Gasteiger charge is 2.61. The zero-order valence-corrected chi connectivity index (χ0v) is 10.7. The summed E-state index contributed by atoms with van der Waals surface area (Å²) in [5.41, 5.74) is -0.939. The van der Waals surface area contributed by atoms with Crippen LogP contribution < -0.4 is 0 Å². The van der Waals surface area contributed by atoms with E-state index in [-0.39, 0.29) is 0 Å². The van der Waals surface area contributed by atoms with Crippen LogP contribution in [0.1, 0.15) is 13.3 Å². The van der Waals surface area contributed by atoms with Crippen LogP contribution >= 0.6 is 0 Å². The predicted molar refractivity (Wildman–Crippen MR) is 53.8 cm³/mol. The fraction of sp³-hybridized carbons (Fsp3) is 1.00. The Morgan fingerprint density at radius 2 is 1.21 bits per heavy atom. The summed E-state index contributed by atoms with van der Waals surface area (Å²) in [5.74, 6) is 0. The zero-order chi connectivity index (χ0) is 11.2. The first-order chi connectivity index (χ1) is 6.61. The van der Waals surface area contributed by atoms with Crippen molar-refractivity contribution in [3.05, 3.63) is 0 Å². The number of hydrogen-bond donors (Lipinski definition) is 0. The fourth-order valence-electron chi connectivity index (χ4n) is 1.56. The summed E-state index contributed by atoms with van der Waals surface area (Å²) in [6, 6.07) is 0. The normalized spacial score (nSPS) is 13.3. The smallest absolute Gasteiger partial charge is 0.374 e. The lowest BCUT2D eigenvalue weighted by atomic mass is 10.5. The molecule has 0 bridgehead atoms. The van der Waals surface area contributed by atoms with E-state index in [4.69, 9.17) is 22.8 Å². The Morgan fingerprint density at radius 1 is 0.857 bits per heavy atom. The Morgan fingerprint density at radius 3 is 1.29 bits per heavy atom. The summed E-state index contributed by atoms with van der Waals surface area (Å²) in [4.78, 5) is 0. The van der Waals surface area contributed by atoms with Crippen molar-refractivity contribution < 1.29 is 22.8 Å². The molecule has 0 N–H and O–H groups in total. The summed E-state index contributed by atoms with van der Waals surface area (Å²) < 4.78 is 26.6. The third-order valence-corrected chi connectivity index (χ3v) is 5.70. The Kier molecular flexibility index (Phi) is 5.80. The van der Waals surface area contributed by atoms with Gasteiger partial charge in [-0.25, -0.2) is 0 Å². The van der Waals surface area contributed by atoms with Gasteiger partial charge in [0.25, 0.3) is 0 Å². The van der Waals surface area contributed by atoms with Gasteiger partial charge in [0.05, 0.1) is 0 Å². The maximum Gasteiger partial charge on any atom is 0.562 e. The molecular weight excluding hydrogens is 204 g/mol. The third-order valence-electron chi connectivity index (χ3n) is 2.40. The van der Waals surface area contributed by atoms with Crippen molar-refractivity contribution in [2.75, 3.05) is 35.5 Å². The Balaban J connectivity index is 5.08. The average Bonchev–Trinajstić information content (AvgIpc) is 2.27. The molecule has 0 amide bonds. The zero-order valence-electron chi connectivity index (χ0n) is 9.75. The number of rotatable bonds is 7. The van der Waals surface area contributed by atoms with Crippen molar-refractivity contribution in [2.45, 2.75) is 18.8 Å². The molecule has 0 aliphatic rings. The van der Waals surface area contributed by atoms with E-state index in [2.05, 4.69) is 0 Å². The predicted octanol–water partition coefficient (Wildman–Crippen LogP) is 0.803. The first-order valence-corrected chi connectivity index (χ1v) is 6.10. The molecule has 0 spiro atoms. The molecule has 86 valence electrons. The lowest BCUT2D eigenvalue weighted by Crippen LogP contribution is -2.65. The van der Waals surface area contributed by atoms with E-state index >= 15 is 0 Å².